The van der Waals surface area contributed by atoms with Crippen LogP contribution in [0.1, 0.15) is 19.8 Å². The highest BCUT2D eigenvalue weighted by Crippen LogP contribution is 2.29. The quantitative estimate of drug-likeness (QED) is 0.701. The van der Waals surface area contributed by atoms with Gasteiger partial charge in [-0.25, -0.2) is 4.79 Å². The number of piperidine rings is 1. The van der Waals surface area contributed by atoms with Crippen LogP contribution in [-0.4, -0.2) is 83.5 Å². The van der Waals surface area contributed by atoms with E-state index in [4.69, 9.17) is 11.6 Å². The molecule has 0 spiro atoms. The molecule has 2 N–H and O–H groups in total. The lowest BCUT2D eigenvalue weighted by Gasteiger charge is -2.37. The van der Waals surface area contributed by atoms with Crippen molar-refractivity contribution in [2.45, 2.75) is 25.8 Å². The van der Waals surface area contributed by atoms with Crippen LogP contribution in [0.3, 0.4) is 0 Å². The maximum atomic E-state index is 12.8. The number of halogens is 1. The van der Waals surface area contributed by atoms with Gasteiger partial charge in [0, 0.05) is 49.6 Å². The van der Waals surface area contributed by atoms with E-state index in [9.17, 15) is 14.4 Å². The van der Waals surface area contributed by atoms with Gasteiger partial charge in [-0.2, -0.15) is 0 Å². The van der Waals surface area contributed by atoms with Crippen molar-refractivity contribution in [3.63, 3.8) is 0 Å². The van der Waals surface area contributed by atoms with E-state index in [1.807, 2.05) is 34.9 Å². The van der Waals surface area contributed by atoms with E-state index in [1.165, 1.54) is 0 Å². The summed E-state index contributed by atoms with van der Waals surface area (Å²) in [7, 11) is 1.96. The molecule has 1 atom stereocenters. The van der Waals surface area contributed by atoms with Crippen LogP contribution in [0, 0.1) is 5.92 Å². The lowest BCUT2D eigenvalue weighted by Crippen LogP contribution is -2.50. The fourth-order valence-electron chi connectivity index (χ4n) is 4.42. The Morgan fingerprint density at radius 2 is 1.84 bits per heavy atom. The Kier molecular flexibility index (Phi) is 6.45. The lowest BCUT2D eigenvalue weighted by molar-refractivity contribution is -0.137. The normalized spacial score (nSPS) is 19.7. The number of carbonyl (C=O) groups is 3. The standard InChI is InChI=1S/C22H29ClN6O3/c1-15(11-24-22(32)25-17-5-3-16(23)4-6-17)20(30)27-9-7-18(8-10-27)29-14-28-13-26(2)12-19(28)21(29)31/h3-6,12,15,18H,7-11,13-14H2,1-2H3,(H2,24,25,32). The zero-order valence-electron chi connectivity index (χ0n) is 18.4. The number of likely N-dealkylation sites (tertiary alicyclic amines) is 1. The van der Waals surface area contributed by atoms with E-state index < -0.39 is 0 Å². The first-order valence-electron chi connectivity index (χ1n) is 10.9. The predicted octanol–water partition coefficient (Wildman–Crippen LogP) is 1.93. The highest BCUT2D eigenvalue weighted by Gasteiger charge is 2.41. The minimum absolute atomic E-state index is 0.0212. The van der Waals surface area contributed by atoms with Crippen LogP contribution in [0.2, 0.25) is 5.02 Å². The number of hydrogen-bond donors (Lipinski definition) is 2. The summed E-state index contributed by atoms with van der Waals surface area (Å²) in [6, 6.07) is 6.61. The molecule has 1 aromatic carbocycles. The Balaban J connectivity index is 1.21. The van der Waals surface area contributed by atoms with Gasteiger partial charge in [-0.05, 0) is 37.1 Å². The Morgan fingerprint density at radius 1 is 1.16 bits per heavy atom. The molecule has 172 valence electrons. The van der Waals surface area contributed by atoms with Crippen LogP contribution < -0.4 is 10.6 Å². The lowest BCUT2D eigenvalue weighted by atomic mass is 10.0. The van der Waals surface area contributed by atoms with Gasteiger partial charge in [0.2, 0.25) is 5.91 Å². The van der Waals surface area contributed by atoms with E-state index in [1.54, 1.807) is 24.3 Å². The molecule has 0 aromatic heterocycles. The van der Waals surface area contributed by atoms with E-state index in [0.717, 1.165) is 25.2 Å². The van der Waals surface area contributed by atoms with Gasteiger partial charge in [-0.15, -0.1) is 0 Å². The number of fused-ring (bicyclic) bond motifs is 1. The molecule has 10 heteroatoms. The molecule has 2 fully saturated rings. The van der Waals surface area contributed by atoms with Crippen molar-refractivity contribution < 1.29 is 14.4 Å². The number of benzene rings is 1. The molecule has 9 nitrogen and oxygen atoms in total. The molecular weight excluding hydrogens is 432 g/mol. The maximum Gasteiger partial charge on any atom is 0.319 e. The second kappa shape index (κ2) is 9.28. The number of urea groups is 1. The van der Waals surface area contributed by atoms with E-state index in [-0.39, 0.29) is 36.3 Å². The topological polar surface area (TPSA) is 88.2 Å². The van der Waals surface area contributed by atoms with Gasteiger partial charge in [0.15, 0.2) is 0 Å². The van der Waals surface area contributed by atoms with Gasteiger partial charge in [0.25, 0.3) is 5.91 Å². The summed E-state index contributed by atoms with van der Waals surface area (Å²) in [6.45, 7) is 4.67. The van der Waals surface area contributed by atoms with E-state index >= 15 is 0 Å². The third-order valence-electron chi connectivity index (χ3n) is 6.19. The Labute approximate surface area is 192 Å². The van der Waals surface area contributed by atoms with E-state index in [2.05, 4.69) is 15.5 Å². The number of hydrogen-bond acceptors (Lipinski definition) is 5. The number of carbonyl (C=O) groups excluding carboxylic acids is 3. The predicted molar refractivity (Wildman–Crippen MR) is 122 cm³/mol. The molecule has 32 heavy (non-hydrogen) atoms. The minimum atomic E-state index is -0.362. The number of rotatable bonds is 5. The van der Waals surface area contributed by atoms with Gasteiger partial charge in [-0.3, -0.25) is 9.59 Å². The molecule has 3 heterocycles. The summed E-state index contributed by atoms with van der Waals surface area (Å²) in [5, 5.41) is 6.07. The molecule has 1 unspecified atom stereocenters. The molecule has 3 aliphatic heterocycles. The van der Waals surface area contributed by atoms with Crippen molar-refractivity contribution in [2.24, 2.45) is 5.92 Å². The Bertz CT molecular complexity index is 913. The van der Waals surface area contributed by atoms with Gasteiger partial charge >= 0.3 is 6.03 Å². The first-order valence-corrected chi connectivity index (χ1v) is 11.3. The average Bonchev–Trinajstić information content (AvgIpc) is 3.30. The zero-order chi connectivity index (χ0) is 22.8. The van der Waals surface area contributed by atoms with Crippen molar-refractivity contribution >= 4 is 35.1 Å². The molecule has 2 saturated heterocycles. The molecule has 0 bridgehead atoms. The Hall–Kier alpha value is -2.94. The van der Waals surface area contributed by atoms with Crippen molar-refractivity contribution in [1.82, 2.24) is 24.9 Å². The largest absolute Gasteiger partial charge is 0.361 e. The second-order valence-electron chi connectivity index (χ2n) is 8.67. The van der Waals surface area contributed by atoms with Crippen LogP contribution in [0.15, 0.2) is 36.2 Å². The maximum absolute atomic E-state index is 12.8. The van der Waals surface area contributed by atoms with Gasteiger partial charge in [0.05, 0.1) is 19.3 Å². The SMILES string of the molecule is CC(CNC(=O)Nc1ccc(Cl)cc1)C(=O)N1CCC(N2CN3CN(C)C=C3C2=O)CC1. The summed E-state index contributed by atoms with van der Waals surface area (Å²) in [5.41, 5.74) is 1.40. The molecule has 0 aliphatic carbocycles. The van der Waals surface area contributed by atoms with Gasteiger partial charge in [0.1, 0.15) is 5.70 Å². The third-order valence-corrected chi connectivity index (χ3v) is 6.44. The third kappa shape index (κ3) is 4.77. The highest BCUT2D eigenvalue weighted by molar-refractivity contribution is 6.30. The van der Waals surface area contributed by atoms with Crippen LogP contribution >= 0.6 is 11.6 Å². The summed E-state index contributed by atoms with van der Waals surface area (Å²) in [5.74, 6) is -0.224. The molecular formula is C22H29ClN6O3. The summed E-state index contributed by atoms with van der Waals surface area (Å²) in [4.78, 5) is 45.5. The molecule has 4 rings (SSSR count). The average molecular weight is 461 g/mol. The molecule has 1 aromatic rings. The van der Waals surface area contributed by atoms with Gasteiger partial charge in [-0.1, -0.05) is 18.5 Å². The smallest absolute Gasteiger partial charge is 0.319 e. The van der Waals surface area contributed by atoms with Crippen LogP contribution in [0.5, 0.6) is 0 Å². The molecule has 0 saturated carbocycles. The summed E-state index contributed by atoms with van der Waals surface area (Å²) >= 11 is 5.84. The monoisotopic (exact) mass is 460 g/mol. The fraction of sp³-hybridized carbons (Fsp3) is 0.500. The van der Waals surface area contributed by atoms with Crippen molar-refractivity contribution in [1.29, 1.82) is 0 Å². The second-order valence-corrected chi connectivity index (χ2v) is 9.10. The van der Waals surface area contributed by atoms with Crippen LogP contribution in [0.25, 0.3) is 0 Å². The Morgan fingerprint density at radius 3 is 2.50 bits per heavy atom. The summed E-state index contributed by atoms with van der Waals surface area (Å²) < 4.78 is 0. The van der Waals surface area contributed by atoms with Crippen molar-refractivity contribution in [3.8, 4) is 0 Å². The highest BCUT2D eigenvalue weighted by atomic mass is 35.5. The van der Waals surface area contributed by atoms with E-state index in [0.29, 0.717) is 30.5 Å². The zero-order valence-corrected chi connectivity index (χ0v) is 19.1. The molecule has 0 radical (unpaired) electrons. The van der Waals surface area contributed by atoms with Crippen molar-refractivity contribution in [2.75, 3.05) is 45.3 Å². The van der Waals surface area contributed by atoms with Crippen LogP contribution in [0.4, 0.5) is 10.5 Å². The van der Waals surface area contributed by atoms with Crippen LogP contribution in [-0.2, 0) is 9.59 Å². The van der Waals surface area contributed by atoms with Crippen molar-refractivity contribution in [3.05, 3.63) is 41.2 Å². The number of amides is 4. The number of nitrogens with one attached hydrogen (secondary N) is 2. The van der Waals surface area contributed by atoms with Gasteiger partial charge < -0.3 is 30.2 Å². The first-order chi connectivity index (χ1) is 15.3. The molecule has 3 aliphatic rings. The summed E-state index contributed by atoms with van der Waals surface area (Å²) in [6.07, 6.45) is 3.44. The molecule has 4 amide bonds. The number of nitrogens with zero attached hydrogens (tertiary/aromatic N) is 4. The number of anilines is 1. The fourth-order valence-corrected chi connectivity index (χ4v) is 4.54. The first kappa shape index (κ1) is 22.3. The minimum Gasteiger partial charge on any atom is -0.361 e.